The number of esters is 1. The zero-order chi connectivity index (χ0) is 28.3. The van der Waals surface area contributed by atoms with Gasteiger partial charge in [0, 0.05) is 18.4 Å². The van der Waals surface area contributed by atoms with E-state index in [1.54, 1.807) is 47.9 Å². The van der Waals surface area contributed by atoms with Crippen molar-refractivity contribution in [1.82, 2.24) is 14.5 Å². The molecule has 1 aromatic heterocycles. The average Bonchev–Trinajstić information content (AvgIpc) is 3.33. The molecule has 1 saturated carbocycles. The number of carbonyl (C=O) groups is 3. The topological polar surface area (TPSA) is 100.0 Å². The Kier molecular flexibility index (Phi) is 8.58. The van der Waals surface area contributed by atoms with Gasteiger partial charge in [0.25, 0.3) is 0 Å². The van der Waals surface area contributed by atoms with Gasteiger partial charge in [0.15, 0.2) is 0 Å². The van der Waals surface area contributed by atoms with Crippen LogP contribution in [-0.4, -0.2) is 57.5 Å². The van der Waals surface area contributed by atoms with Gasteiger partial charge in [-0.2, -0.15) is 0 Å². The number of amides is 2. The molecule has 38 heavy (non-hydrogen) atoms. The summed E-state index contributed by atoms with van der Waals surface area (Å²) >= 11 is 0. The number of benzene rings is 1. The summed E-state index contributed by atoms with van der Waals surface area (Å²) < 4.78 is 17.9. The fraction of sp³-hybridized carbons (Fsp3) is 0.586. The molecular formula is C29H41N3O6. The van der Waals surface area contributed by atoms with E-state index < -0.39 is 28.8 Å². The maximum absolute atomic E-state index is 12.9. The molecule has 0 N–H and O–H groups in total. The standard InChI is InChI=1S/C29H41N3O6/c1-9-20-12-14-22(15-13-20)31-18-23(30-19-31)29(24(33)36-8)17-21(29)11-10-16-32(25(34)37-27(2,3)4)26(35)38-28(5,6)7/h12-15,18-19,21H,9-11,16-17H2,1-8H3/t21?,29-/m1/s1. The van der Waals surface area contributed by atoms with Crippen molar-refractivity contribution in [3.63, 3.8) is 0 Å². The van der Waals surface area contributed by atoms with E-state index in [1.807, 2.05) is 22.9 Å². The Bertz CT molecular complexity index is 1110. The minimum Gasteiger partial charge on any atom is -0.468 e. The summed E-state index contributed by atoms with van der Waals surface area (Å²) in [6, 6.07) is 8.21. The van der Waals surface area contributed by atoms with E-state index in [4.69, 9.17) is 14.2 Å². The number of imidazole rings is 1. The van der Waals surface area contributed by atoms with Gasteiger partial charge in [-0.25, -0.2) is 19.5 Å². The first-order valence-electron chi connectivity index (χ1n) is 13.2. The number of imide groups is 1. The van der Waals surface area contributed by atoms with Crippen LogP contribution in [0, 0.1) is 5.92 Å². The van der Waals surface area contributed by atoms with E-state index in [1.165, 1.54) is 12.7 Å². The lowest BCUT2D eigenvalue weighted by Crippen LogP contribution is -2.44. The highest BCUT2D eigenvalue weighted by Gasteiger charge is 2.63. The van der Waals surface area contributed by atoms with Crippen LogP contribution in [0.2, 0.25) is 0 Å². The first kappa shape index (κ1) is 29.2. The molecule has 0 spiro atoms. The summed E-state index contributed by atoms with van der Waals surface area (Å²) in [5, 5.41) is 0. The fourth-order valence-corrected chi connectivity index (χ4v) is 4.51. The lowest BCUT2D eigenvalue weighted by Gasteiger charge is -2.28. The van der Waals surface area contributed by atoms with Crippen LogP contribution in [0.3, 0.4) is 0 Å². The van der Waals surface area contributed by atoms with Gasteiger partial charge in [-0.05, 0) is 90.8 Å². The molecule has 2 amide bonds. The van der Waals surface area contributed by atoms with Crippen molar-refractivity contribution in [3.05, 3.63) is 48.0 Å². The third-order valence-corrected chi connectivity index (χ3v) is 6.50. The van der Waals surface area contributed by atoms with Crippen LogP contribution >= 0.6 is 0 Å². The van der Waals surface area contributed by atoms with Crippen LogP contribution in [0.15, 0.2) is 36.8 Å². The molecule has 0 radical (unpaired) electrons. The molecule has 0 saturated heterocycles. The summed E-state index contributed by atoms with van der Waals surface area (Å²) in [6.45, 7) is 12.7. The van der Waals surface area contributed by atoms with Crippen molar-refractivity contribution < 1.29 is 28.6 Å². The van der Waals surface area contributed by atoms with Crippen LogP contribution in [0.5, 0.6) is 0 Å². The number of methoxy groups -OCH3 is 1. The Hall–Kier alpha value is -3.36. The summed E-state index contributed by atoms with van der Waals surface area (Å²) in [4.78, 5) is 44.0. The monoisotopic (exact) mass is 527 g/mol. The molecule has 9 heteroatoms. The molecule has 0 aliphatic heterocycles. The summed E-state index contributed by atoms with van der Waals surface area (Å²) in [5.41, 5.74) is 0.502. The largest absolute Gasteiger partial charge is 0.468 e. The Morgan fingerprint density at radius 1 is 1.03 bits per heavy atom. The van der Waals surface area contributed by atoms with E-state index in [0.717, 1.165) is 17.0 Å². The molecular weight excluding hydrogens is 486 g/mol. The van der Waals surface area contributed by atoms with Crippen LogP contribution in [0.4, 0.5) is 9.59 Å². The highest BCUT2D eigenvalue weighted by atomic mass is 16.6. The molecule has 9 nitrogen and oxygen atoms in total. The third-order valence-electron chi connectivity index (χ3n) is 6.50. The summed E-state index contributed by atoms with van der Waals surface area (Å²) in [5.74, 6) is -0.356. The number of hydrogen-bond acceptors (Lipinski definition) is 7. The Morgan fingerprint density at radius 3 is 2.11 bits per heavy atom. The molecule has 3 rings (SSSR count). The van der Waals surface area contributed by atoms with Crippen molar-refractivity contribution in [3.8, 4) is 5.69 Å². The Morgan fingerprint density at radius 2 is 1.61 bits per heavy atom. The predicted molar refractivity (Wildman–Crippen MR) is 143 cm³/mol. The van der Waals surface area contributed by atoms with Crippen molar-refractivity contribution in [2.24, 2.45) is 5.92 Å². The lowest BCUT2D eigenvalue weighted by atomic mass is 9.97. The molecule has 1 fully saturated rings. The SMILES string of the molecule is CCc1ccc(-n2cnc([C@@]3(C(=O)OC)CC3CCCN(C(=O)OC(C)(C)C)C(=O)OC(C)(C)C)c2)cc1. The molecule has 0 bridgehead atoms. The van der Waals surface area contributed by atoms with Gasteiger partial charge < -0.3 is 18.8 Å². The highest BCUT2D eigenvalue weighted by Crippen LogP contribution is 2.57. The Balaban J connectivity index is 1.72. The Labute approximate surface area is 225 Å². The van der Waals surface area contributed by atoms with Crippen LogP contribution in [0.25, 0.3) is 5.69 Å². The van der Waals surface area contributed by atoms with Crippen molar-refractivity contribution in [2.75, 3.05) is 13.7 Å². The smallest absolute Gasteiger partial charge is 0.419 e. The van der Waals surface area contributed by atoms with Crippen molar-refractivity contribution in [1.29, 1.82) is 0 Å². The van der Waals surface area contributed by atoms with E-state index in [9.17, 15) is 14.4 Å². The van der Waals surface area contributed by atoms with Gasteiger partial charge in [-0.3, -0.25) is 4.79 Å². The first-order chi connectivity index (χ1) is 17.7. The van der Waals surface area contributed by atoms with Crippen molar-refractivity contribution >= 4 is 18.2 Å². The molecule has 2 atom stereocenters. The maximum Gasteiger partial charge on any atom is 0.419 e. The number of nitrogens with zero attached hydrogens (tertiary/aromatic N) is 3. The molecule has 1 unspecified atom stereocenters. The average molecular weight is 528 g/mol. The first-order valence-corrected chi connectivity index (χ1v) is 13.2. The second-order valence-corrected chi connectivity index (χ2v) is 11.8. The van der Waals surface area contributed by atoms with E-state index in [-0.39, 0.29) is 18.4 Å². The van der Waals surface area contributed by atoms with E-state index >= 15 is 0 Å². The number of hydrogen-bond donors (Lipinski definition) is 0. The minimum absolute atomic E-state index is 0.0279. The second-order valence-electron chi connectivity index (χ2n) is 11.8. The molecule has 1 heterocycles. The van der Waals surface area contributed by atoms with Gasteiger partial charge >= 0.3 is 18.2 Å². The second kappa shape index (κ2) is 11.2. The number of aryl methyl sites for hydroxylation is 1. The summed E-state index contributed by atoms with van der Waals surface area (Å²) in [6.07, 6.45) is 4.70. The number of aromatic nitrogens is 2. The van der Waals surface area contributed by atoms with Crippen LogP contribution < -0.4 is 0 Å². The van der Waals surface area contributed by atoms with Gasteiger partial charge in [0.2, 0.25) is 0 Å². The zero-order valence-corrected chi connectivity index (χ0v) is 23.9. The van der Waals surface area contributed by atoms with Gasteiger partial charge in [0.05, 0.1) is 19.1 Å². The van der Waals surface area contributed by atoms with Crippen molar-refractivity contribution in [2.45, 2.75) is 90.8 Å². The van der Waals surface area contributed by atoms with Gasteiger partial charge in [0.1, 0.15) is 16.6 Å². The number of rotatable bonds is 8. The number of ether oxygens (including phenoxy) is 3. The predicted octanol–water partition coefficient (Wildman–Crippen LogP) is 5.82. The van der Waals surface area contributed by atoms with Gasteiger partial charge in [-0.1, -0.05) is 19.1 Å². The molecule has 1 aliphatic carbocycles. The summed E-state index contributed by atoms with van der Waals surface area (Å²) in [7, 11) is 1.38. The molecule has 1 aliphatic rings. The fourth-order valence-electron chi connectivity index (χ4n) is 4.51. The maximum atomic E-state index is 12.9. The third kappa shape index (κ3) is 6.94. The quantitative estimate of drug-likeness (QED) is 0.315. The van der Waals surface area contributed by atoms with Gasteiger partial charge in [-0.15, -0.1) is 0 Å². The zero-order valence-electron chi connectivity index (χ0n) is 23.9. The highest BCUT2D eigenvalue weighted by molar-refractivity contribution is 5.88. The van der Waals surface area contributed by atoms with E-state index in [0.29, 0.717) is 25.0 Å². The van der Waals surface area contributed by atoms with Crippen LogP contribution in [-0.2, 0) is 30.8 Å². The molecule has 1 aromatic carbocycles. The van der Waals surface area contributed by atoms with Crippen LogP contribution in [0.1, 0.15) is 79.0 Å². The number of carbonyl (C=O) groups excluding carboxylic acids is 3. The lowest BCUT2D eigenvalue weighted by molar-refractivity contribution is -0.144. The molecule has 208 valence electrons. The molecule has 2 aromatic rings. The minimum atomic E-state index is -0.841. The normalized spacial score (nSPS) is 19.0. The van der Waals surface area contributed by atoms with E-state index in [2.05, 4.69) is 24.0 Å².